The molecule has 0 amide bonds. The van der Waals surface area contributed by atoms with Crippen molar-refractivity contribution < 1.29 is 4.74 Å². The minimum atomic E-state index is 0. The highest BCUT2D eigenvalue weighted by atomic mass is 127. The van der Waals surface area contributed by atoms with Gasteiger partial charge in [-0.3, -0.25) is 4.99 Å². The second-order valence-corrected chi connectivity index (χ2v) is 5.22. The van der Waals surface area contributed by atoms with E-state index in [2.05, 4.69) is 21.8 Å². The zero-order valence-corrected chi connectivity index (χ0v) is 14.9. The highest BCUT2D eigenvalue weighted by molar-refractivity contribution is 14.0. The fourth-order valence-corrected chi connectivity index (χ4v) is 2.14. The van der Waals surface area contributed by atoms with E-state index in [1.165, 1.54) is 19.3 Å². The Morgan fingerprint density at radius 3 is 2.63 bits per heavy atom. The number of hydrogen-bond donors (Lipinski definition) is 1. The van der Waals surface area contributed by atoms with Gasteiger partial charge in [-0.1, -0.05) is 18.2 Å². The first kappa shape index (κ1) is 19.0. The lowest BCUT2D eigenvalue weighted by atomic mass is 9.96. The van der Waals surface area contributed by atoms with Crippen LogP contribution in [-0.4, -0.2) is 51.3 Å². The first-order valence-electron chi connectivity index (χ1n) is 6.46. The quantitative estimate of drug-likeness (QED) is 0.437. The van der Waals surface area contributed by atoms with E-state index in [4.69, 9.17) is 16.3 Å². The van der Waals surface area contributed by atoms with Crippen LogP contribution in [0.4, 0.5) is 0 Å². The topological polar surface area (TPSA) is 36.9 Å². The van der Waals surface area contributed by atoms with Crippen molar-refractivity contribution in [3.8, 4) is 0 Å². The molecule has 1 aliphatic rings. The number of rotatable bonds is 5. The Kier molecular flexibility index (Phi) is 10.7. The number of nitrogens with one attached hydrogen (secondary N) is 1. The fourth-order valence-electron chi connectivity index (χ4n) is 2.08. The number of nitrogens with zero attached hydrogens (tertiary/aromatic N) is 2. The molecule has 0 aromatic heterocycles. The second-order valence-electron chi connectivity index (χ2n) is 4.68. The predicted molar refractivity (Wildman–Crippen MR) is 92.6 cm³/mol. The number of guanidine groups is 1. The number of aliphatic imine (C=N–C) groups is 1. The van der Waals surface area contributed by atoms with Crippen molar-refractivity contribution in [2.24, 2.45) is 10.9 Å². The van der Waals surface area contributed by atoms with Gasteiger partial charge in [0.1, 0.15) is 0 Å². The van der Waals surface area contributed by atoms with Gasteiger partial charge in [-0.15, -0.1) is 24.0 Å². The van der Waals surface area contributed by atoms with Crippen LogP contribution in [0.2, 0.25) is 0 Å². The molecular weight excluding hydrogens is 377 g/mol. The molecule has 4 nitrogen and oxygen atoms in total. The van der Waals surface area contributed by atoms with Gasteiger partial charge in [0, 0.05) is 38.9 Å². The van der Waals surface area contributed by atoms with Crippen LogP contribution in [0.15, 0.2) is 16.6 Å². The van der Waals surface area contributed by atoms with Gasteiger partial charge in [-0.2, -0.15) is 0 Å². The van der Waals surface area contributed by atoms with Gasteiger partial charge in [-0.05, 0) is 25.2 Å². The van der Waals surface area contributed by atoms with Crippen LogP contribution in [-0.2, 0) is 4.74 Å². The minimum absolute atomic E-state index is 0. The molecular formula is C13H25ClIN3O. The van der Waals surface area contributed by atoms with E-state index in [0.717, 1.165) is 31.6 Å². The van der Waals surface area contributed by atoms with E-state index in [9.17, 15) is 0 Å². The van der Waals surface area contributed by atoms with Crippen LogP contribution in [0.1, 0.15) is 19.3 Å². The van der Waals surface area contributed by atoms with Crippen LogP contribution >= 0.6 is 35.6 Å². The third-order valence-electron chi connectivity index (χ3n) is 3.23. The van der Waals surface area contributed by atoms with Crippen LogP contribution in [0.25, 0.3) is 0 Å². The number of hydrogen-bond acceptors (Lipinski definition) is 2. The standard InChI is InChI=1S/C13H24ClN3O.HI/c1-11(14)10-16-13(15-2)17(3)7-4-12-5-8-18-9-6-12;/h12H,1,4-10H2,2-3H3,(H,15,16);1H. The molecule has 0 radical (unpaired) electrons. The molecule has 0 spiro atoms. The van der Waals surface area contributed by atoms with Crippen molar-refractivity contribution in [1.82, 2.24) is 10.2 Å². The average Bonchev–Trinajstić information content (AvgIpc) is 2.38. The van der Waals surface area contributed by atoms with Crippen molar-refractivity contribution in [1.29, 1.82) is 0 Å². The van der Waals surface area contributed by atoms with Crippen molar-refractivity contribution in [3.05, 3.63) is 11.6 Å². The van der Waals surface area contributed by atoms with E-state index in [0.29, 0.717) is 11.6 Å². The van der Waals surface area contributed by atoms with Crippen molar-refractivity contribution in [3.63, 3.8) is 0 Å². The maximum absolute atomic E-state index is 5.74. The van der Waals surface area contributed by atoms with E-state index in [1.807, 2.05) is 7.05 Å². The van der Waals surface area contributed by atoms with Crippen molar-refractivity contribution in [2.75, 3.05) is 40.4 Å². The lowest BCUT2D eigenvalue weighted by Gasteiger charge is -2.26. The Morgan fingerprint density at radius 2 is 2.11 bits per heavy atom. The normalized spacial score (nSPS) is 16.7. The average molecular weight is 402 g/mol. The minimum Gasteiger partial charge on any atom is -0.381 e. The molecule has 1 fully saturated rings. The van der Waals surface area contributed by atoms with E-state index in [1.54, 1.807) is 7.05 Å². The van der Waals surface area contributed by atoms with Crippen LogP contribution < -0.4 is 5.32 Å². The molecule has 1 saturated heterocycles. The molecule has 1 N–H and O–H groups in total. The summed E-state index contributed by atoms with van der Waals surface area (Å²) in [5, 5.41) is 3.77. The monoisotopic (exact) mass is 401 g/mol. The van der Waals surface area contributed by atoms with Gasteiger partial charge in [0.05, 0.1) is 6.54 Å². The molecule has 0 bridgehead atoms. The third-order valence-corrected chi connectivity index (χ3v) is 3.36. The maximum Gasteiger partial charge on any atom is 0.193 e. The number of ether oxygens (including phenoxy) is 1. The Balaban J connectivity index is 0.00000324. The molecule has 1 aliphatic heterocycles. The maximum atomic E-state index is 5.74. The van der Waals surface area contributed by atoms with Gasteiger partial charge in [-0.25, -0.2) is 0 Å². The molecule has 6 heteroatoms. The number of halogens is 2. The zero-order valence-electron chi connectivity index (χ0n) is 11.8. The summed E-state index contributed by atoms with van der Waals surface area (Å²) >= 11 is 5.74. The Hall–Kier alpha value is -0.0100. The smallest absolute Gasteiger partial charge is 0.193 e. The van der Waals surface area contributed by atoms with Crippen LogP contribution in [0.5, 0.6) is 0 Å². The molecule has 0 saturated carbocycles. The molecule has 0 aromatic carbocycles. The highest BCUT2D eigenvalue weighted by Gasteiger charge is 2.15. The van der Waals surface area contributed by atoms with Gasteiger partial charge in [0.25, 0.3) is 0 Å². The van der Waals surface area contributed by atoms with Crippen LogP contribution in [0, 0.1) is 5.92 Å². The van der Waals surface area contributed by atoms with Gasteiger partial charge < -0.3 is 15.0 Å². The largest absolute Gasteiger partial charge is 0.381 e. The summed E-state index contributed by atoms with van der Waals surface area (Å²) in [6.07, 6.45) is 3.54. The summed E-state index contributed by atoms with van der Waals surface area (Å²) in [5.74, 6) is 1.64. The van der Waals surface area contributed by atoms with E-state index in [-0.39, 0.29) is 24.0 Å². The van der Waals surface area contributed by atoms with Crippen molar-refractivity contribution >= 4 is 41.5 Å². The summed E-state index contributed by atoms with van der Waals surface area (Å²) in [7, 11) is 3.83. The summed E-state index contributed by atoms with van der Waals surface area (Å²) in [6.45, 7) is 7.03. The molecule has 0 unspecified atom stereocenters. The predicted octanol–water partition coefficient (Wildman–Crippen LogP) is 2.68. The Bertz CT molecular complexity index is 294. The molecule has 0 aliphatic carbocycles. The first-order valence-corrected chi connectivity index (χ1v) is 6.84. The summed E-state index contributed by atoms with van der Waals surface area (Å²) in [6, 6.07) is 0. The van der Waals surface area contributed by atoms with E-state index >= 15 is 0 Å². The van der Waals surface area contributed by atoms with Gasteiger partial charge >= 0.3 is 0 Å². The SMILES string of the molecule is C=C(Cl)CNC(=NC)N(C)CCC1CCOCC1.I. The van der Waals surface area contributed by atoms with E-state index < -0.39 is 0 Å². The lowest BCUT2D eigenvalue weighted by Crippen LogP contribution is -2.40. The zero-order chi connectivity index (χ0) is 13.4. The molecule has 0 atom stereocenters. The molecule has 1 heterocycles. The first-order chi connectivity index (χ1) is 8.63. The summed E-state index contributed by atoms with van der Waals surface area (Å²) in [4.78, 5) is 6.36. The Labute approximate surface area is 138 Å². The highest BCUT2D eigenvalue weighted by Crippen LogP contribution is 2.18. The molecule has 19 heavy (non-hydrogen) atoms. The third kappa shape index (κ3) is 7.99. The molecule has 112 valence electrons. The summed E-state index contributed by atoms with van der Waals surface area (Å²) < 4.78 is 5.37. The lowest BCUT2D eigenvalue weighted by molar-refractivity contribution is 0.0625. The van der Waals surface area contributed by atoms with Crippen molar-refractivity contribution in [2.45, 2.75) is 19.3 Å². The molecule has 0 aromatic rings. The Morgan fingerprint density at radius 1 is 1.47 bits per heavy atom. The van der Waals surface area contributed by atoms with Gasteiger partial charge in [0.15, 0.2) is 5.96 Å². The molecule has 1 rings (SSSR count). The second kappa shape index (κ2) is 10.7. The fraction of sp³-hybridized carbons (Fsp3) is 0.769. The van der Waals surface area contributed by atoms with Gasteiger partial charge in [0.2, 0.25) is 0 Å². The van der Waals surface area contributed by atoms with Crippen LogP contribution in [0.3, 0.4) is 0 Å². The summed E-state index contributed by atoms with van der Waals surface area (Å²) in [5.41, 5.74) is 0.